The molecule has 0 spiro atoms. The van der Waals surface area contributed by atoms with Gasteiger partial charge in [0.1, 0.15) is 5.75 Å². The van der Waals surface area contributed by atoms with E-state index in [0.29, 0.717) is 11.6 Å². The van der Waals surface area contributed by atoms with Crippen LogP contribution in [0.2, 0.25) is 0 Å². The number of ether oxygens (including phenoxy) is 1. The van der Waals surface area contributed by atoms with Gasteiger partial charge in [-0.2, -0.15) is 0 Å². The van der Waals surface area contributed by atoms with E-state index in [9.17, 15) is 4.79 Å². The van der Waals surface area contributed by atoms with Crippen LogP contribution in [0.4, 0.5) is 0 Å². The largest absolute Gasteiger partial charge is 0.496 e. The summed E-state index contributed by atoms with van der Waals surface area (Å²) in [6.45, 7) is 6.34. The van der Waals surface area contributed by atoms with Gasteiger partial charge in [-0.05, 0) is 50.4 Å². The zero-order valence-electron chi connectivity index (χ0n) is 12.4. The molecule has 4 heteroatoms. The molecule has 20 heavy (non-hydrogen) atoms. The second-order valence-electron chi connectivity index (χ2n) is 5.78. The molecule has 1 fully saturated rings. The van der Waals surface area contributed by atoms with Crippen molar-refractivity contribution in [2.75, 3.05) is 13.7 Å². The Balaban J connectivity index is 2.18. The number of hydrogen-bond donors (Lipinski definition) is 1. The number of carboxylic acid groups (broad SMARTS) is 1. The topological polar surface area (TPSA) is 49.8 Å². The molecule has 2 rings (SSSR count). The Labute approximate surface area is 120 Å². The number of nitrogens with zero attached hydrogens (tertiary/aromatic N) is 1. The van der Waals surface area contributed by atoms with Crippen LogP contribution in [0.5, 0.6) is 5.75 Å². The molecule has 2 atom stereocenters. The van der Waals surface area contributed by atoms with Gasteiger partial charge < -0.3 is 9.84 Å². The van der Waals surface area contributed by atoms with Crippen LogP contribution in [-0.4, -0.2) is 35.7 Å². The van der Waals surface area contributed by atoms with Crippen LogP contribution in [0, 0.1) is 5.92 Å². The average molecular weight is 277 g/mol. The molecule has 1 aliphatic heterocycles. The van der Waals surface area contributed by atoms with Crippen LogP contribution >= 0.6 is 0 Å². The minimum Gasteiger partial charge on any atom is -0.496 e. The Hall–Kier alpha value is -1.55. The van der Waals surface area contributed by atoms with Crippen molar-refractivity contribution in [3.05, 3.63) is 29.3 Å². The molecule has 0 bridgehead atoms. The number of benzene rings is 1. The van der Waals surface area contributed by atoms with E-state index in [4.69, 9.17) is 9.84 Å². The van der Waals surface area contributed by atoms with Gasteiger partial charge >= 0.3 is 5.97 Å². The third-order valence-corrected chi connectivity index (χ3v) is 4.18. The smallest absolute Gasteiger partial charge is 0.335 e. The van der Waals surface area contributed by atoms with Gasteiger partial charge in [-0.3, -0.25) is 4.90 Å². The molecule has 4 nitrogen and oxygen atoms in total. The molecule has 0 aliphatic carbocycles. The summed E-state index contributed by atoms with van der Waals surface area (Å²) in [4.78, 5) is 13.5. The van der Waals surface area contributed by atoms with E-state index in [-0.39, 0.29) is 0 Å². The zero-order chi connectivity index (χ0) is 14.7. The summed E-state index contributed by atoms with van der Waals surface area (Å²) in [5.74, 6) is 0.642. The lowest BCUT2D eigenvalue weighted by atomic mass is 9.93. The number of rotatable bonds is 4. The molecular weight excluding hydrogens is 254 g/mol. The monoisotopic (exact) mass is 277 g/mol. The van der Waals surface area contributed by atoms with Gasteiger partial charge in [0.2, 0.25) is 0 Å². The third kappa shape index (κ3) is 3.31. The maximum atomic E-state index is 11.1. The van der Waals surface area contributed by atoms with E-state index in [1.807, 2.05) is 0 Å². The van der Waals surface area contributed by atoms with Gasteiger partial charge in [-0.25, -0.2) is 4.79 Å². The van der Waals surface area contributed by atoms with Crippen molar-refractivity contribution in [3.8, 4) is 5.75 Å². The van der Waals surface area contributed by atoms with Crippen molar-refractivity contribution in [2.45, 2.75) is 39.3 Å². The van der Waals surface area contributed by atoms with E-state index < -0.39 is 5.97 Å². The first-order valence-electron chi connectivity index (χ1n) is 7.15. The summed E-state index contributed by atoms with van der Waals surface area (Å²) < 4.78 is 5.36. The molecule has 0 aromatic heterocycles. The van der Waals surface area contributed by atoms with E-state index in [1.54, 1.807) is 25.3 Å². The second kappa shape index (κ2) is 6.27. The van der Waals surface area contributed by atoms with E-state index in [0.717, 1.165) is 30.3 Å². The maximum absolute atomic E-state index is 11.1. The SMILES string of the molecule is COc1ccc(C(=O)O)cc1CN1CCC(C)CC1C. The van der Waals surface area contributed by atoms with Crippen LogP contribution in [0.25, 0.3) is 0 Å². The molecule has 1 N–H and O–H groups in total. The standard InChI is InChI=1S/C16H23NO3/c1-11-6-7-17(12(2)8-11)10-14-9-13(16(18)19)4-5-15(14)20-3/h4-5,9,11-12H,6-8,10H2,1-3H3,(H,18,19). The first-order chi connectivity index (χ1) is 9.51. The van der Waals surface area contributed by atoms with Crippen molar-refractivity contribution in [1.82, 2.24) is 4.90 Å². The highest BCUT2D eigenvalue weighted by Crippen LogP contribution is 2.27. The first kappa shape index (κ1) is 14.9. The van der Waals surface area contributed by atoms with E-state index in [1.165, 1.54) is 12.8 Å². The van der Waals surface area contributed by atoms with Crippen molar-refractivity contribution in [2.24, 2.45) is 5.92 Å². The van der Waals surface area contributed by atoms with Gasteiger partial charge in [0.15, 0.2) is 0 Å². The predicted molar refractivity (Wildman–Crippen MR) is 78.2 cm³/mol. The highest BCUT2D eigenvalue weighted by atomic mass is 16.5. The van der Waals surface area contributed by atoms with Crippen molar-refractivity contribution in [3.63, 3.8) is 0 Å². The van der Waals surface area contributed by atoms with Crippen molar-refractivity contribution in [1.29, 1.82) is 0 Å². The van der Waals surface area contributed by atoms with Crippen LogP contribution in [-0.2, 0) is 6.54 Å². The van der Waals surface area contributed by atoms with Crippen molar-refractivity contribution < 1.29 is 14.6 Å². The molecule has 110 valence electrons. The third-order valence-electron chi connectivity index (χ3n) is 4.18. The fraction of sp³-hybridized carbons (Fsp3) is 0.562. The Morgan fingerprint density at radius 2 is 2.20 bits per heavy atom. The lowest BCUT2D eigenvalue weighted by Gasteiger charge is -2.36. The first-order valence-corrected chi connectivity index (χ1v) is 7.15. The summed E-state index contributed by atoms with van der Waals surface area (Å²) >= 11 is 0. The van der Waals surface area contributed by atoms with Crippen molar-refractivity contribution >= 4 is 5.97 Å². The number of carboxylic acids is 1. The Morgan fingerprint density at radius 1 is 1.45 bits per heavy atom. The number of hydrogen-bond acceptors (Lipinski definition) is 3. The molecule has 1 heterocycles. The van der Waals surface area contributed by atoms with Crippen LogP contribution in [0.15, 0.2) is 18.2 Å². The van der Waals surface area contributed by atoms with Crippen LogP contribution in [0.3, 0.4) is 0 Å². The Kier molecular flexibility index (Phi) is 4.65. The van der Waals surface area contributed by atoms with Gasteiger partial charge in [0, 0.05) is 18.2 Å². The summed E-state index contributed by atoms with van der Waals surface area (Å²) in [6, 6.07) is 5.59. The lowest BCUT2D eigenvalue weighted by Crippen LogP contribution is -2.39. The summed E-state index contributed by atoms with van der Waals surface area (Å²) in [7, 11) is 1.63. The normalized spacial score (nSPS) is 23.6. The van der Waals surface area contributed by atoms with Gasteiger partial charge in [-0.15, -0.1) is 0 Å². The predicted octanol–water partition coefficient (Wildman–Crippen LogP) is 3.01. The number of methoxy groups -OCH3 is 1. The molecule has 1 aliphatic rings. The Bertz CT molecular complexity index is 487. The van der Waals surface area contributed by atoms with Gasteiger partial charge in [-0.1, -0.05) is 6.92 Å². The number of likely N-dealkylation sites (tertiary alicyclic amines) is 1. The van der Waals surface area contributed by atoms with E-state index >= 15 is 0 Å². The average Bonchev–Trinajstić information content (AvgIpc) is 2.41. The van der Waals surface area contributed by atoms with E-state index in [2.05, 4.69) is 18.7 Å². The fourth-order valence-corrected chi connectivity index (χ4v) is 2.94. The highest BCUT2D eigenvalue weighted by Gasteiger charge is 2.23. The van der Waals surface area contributed by atoms with Crippen LogP contribution in [0.1, 0.15) is 42.6 Å². The molecule has 0 saturated carbocycles. The minimum atomic E-state index is -0.894. The van der Waals surface area contributed by atoms with Gasteiger partial charge in [0.25, 0.3) is 0 Å². The van der Waals surface area contributed by atoms with Gasteiger partial charge in [0.05, 0.1) is 12.7 Å². The molecule has 2 unspecified atom stereocenters. The maximum Gasteiger partial charge on any atom is 0.335 e. The molecule has 0 radical (unpaired) electrons. The summed E-state index contributed by atoms with van der Waals surface area (Å²) in [5, 5.41) is 9.11. The highest BCUT2D eigenvalue weighted by molar-refractivity contribution is 5.88. The van der Waals surface area contributed by atoms with Crippen LogP contribution < -0.4 is 4.74 Å². The second-order valence-corrected chi connectivity index (χ2v) is 5.78. The lowest BCUT2D eigenvalue weighted by molar-refractivity contribution is 0.0696. The summed E-state index contributed by atoms with van der Waals surface area (Å²) in [6.07, 6.45) is 2.40. The molecule has 1 aromatic rings. The quantitative estimate of drug-likeness (QED) is 0.919. The molecule has 0 amide bonds. The molecule has 1 aromatic carbocycles. The number of piperidine rings is 1. The fourth-order valence-electron chi connectivity index (χ4n) is 2.94. The minimum absolute atomic E-state index is 0.318. The zero-order valence-corrected chi connectivity index (χ0v) is 12.4. The molecule has 1 saturated heterocycles. The Morgan fingerprint density at radius 3 is 2.80 bits per heavy atom. The number of aromatic carboxylic acids is 1. The number of carbonyl (C=O) groups is 1. The molecular formula is C16H23NO3. The summed E-state index contributed by atoms with van der Waals surface area (Å²) in [5.41, 5.74) is 1.27.